The minimum atomic E-state index is -0.837. The maximum absolute atomic E-state index is 11.0. The number of nitrogens with zero attached hydrogens (tertiary/aromatic N) is 1. The lowest BCUT2D eigenvalue weighted by Gasteiger charge is -2.33. The van der Waals surface area contributed by atoms with Crippen LogP contribution in [0.2, 0.25) is 0 Å². The molecule has 5 nitrogen and oxygen atoms in total. The van der Waals surface area contributed by atoms with Gasteiger partial charge in [0.15, 0.2) is 0 Å². The molecule has 0 aromatic carbocycles. The van der Waals surface area contributed by atoms with E-state index in [9.17, 15) is 9.59 Å². The van der Waals surface area contributed by atoms with Crippen molar-refractivity contribution in [3.05, 3.63) is 0 Å². The first-order chi connectivity index (χ1) is 6.50. The maximum Gasteiger partial charge on any atom is 0.320 e. The van der Waals surface area contributed by atoms with Gasteiger partial charge in [-0.05, 0) is 6.92 Å². The summed E-state index contributed by atoms with van der Waals surface area (Å²) in [6.45, 7) is 4.49. The lowest BCUT2D eigenvalue weighted by Crippen LogP contribution is -2.48. The Kier molecular flexibility index (Phi) is 3.46. The Balaban J connectivity index is 2.49. The molecule has 80 valence electrons. The Hall–Kier alpha value is -1.10. The molecule has 1 N–H and O–H groups in total. The van der Waals surface area contributed by atoms with E-state index in [1.165, 1.54) is 0 Å². The molecule has 1 heterocycles. The van der Waals surface area contributed by atoms with E-state index in [-0.39, 0.29) is 18.6 Å². The first kappa shape index (κ1) is 11.0. The van der Waals surface area contributed by atoms with Crippen molar-refractivity contribution in [1.29, 1.82) is 0 Å². The summed E-state index contributed by atoms with van der Waals surface area (Å²) in [5.41, 5.74) is 0. The van der Waals surface area contributed by atoms with Crippen LogP contribution in [-0.4, -0.2) is 47.7 Å². The number of cyclic esters (lactones) is 1. The van der Waals surface area contributed by atoms with Crippen molar-refractivity contribution in [1.82, 2.24) is 4.90 Å². The number of rotatable bonds is 3. The van der Waals surface area contributed by atoms with Gasteiger partial charge >= 0.3 is 11.9 Å². The Morgan fingerprint density at radius 3 is 3.00 bits per heavy atom. The van der Waals surface area contributed by atoms with Gasteiger partial charge in [-0.15, -0.1) is 0 Å². The zero-order chi connectivity index (χ0) is 10.7. The number of carboxylic acids is 1. The first-order valence-electron chi connectivity index (χ1n) is 4.63. The molecule has 1 aliphatic heterocycles. The van der Waals surface area contributed by atoms with Crippen LogP contribution in [0.5, 0.6) is 0 Å². The van der Waals surface area contributed by atoms with Crippen LogP contribution in [0.15, 0.2) is 0 Å². The van der Waals surface area contributed by atoms with Crippen LogP contribution in [0.4, 0.5) is 0 Å². The van der Waals surface area contributed by atoms with Gasteiger partial charge in [0.2, 0.25) is 0 Å². The Morgan fingerprint density at radius 1 is 1.79 bits per heavy atom. The van der Waals surface area contributed by atoms with E-state index in [1.807, 2.05) is 11.8 Å². The summed E-state index contributed by atoms with van der Waals surface area (Å²) in [6.07, 6.45) is 0. The van der Waals surface area contributed by atoms with E-state index in [2.05, 4.69) is 0 Å². The molecular weight excluding hydrogens is 186 g/mol. The van der Waals surface area contributed by atoms with Crippen LogP contribution in [0.1, 0.15) is 13.8 Å². The van der Waals surface area contributed by atoms with Gasteiger partial charge in [0.1, 0.15) is 6.61 Å². The molecule has 5 heteroatoms. The molecule has 0 spiro atoms. The fourth-order valence-corrected chi connectivity index (χ4v) is 1.36. The Bertz CT molecular complexity index is 241. The Morgan fingerprint density at radius 2 is 2.43 bits per heavy atom. The third-order valence-corrected chi connectivity index (χ3v) is 2.37. The standard InChI is InChI=1S/C9H15NO4/c1-6(9(12)13)3-10-4-8(11)14-5-7(10)2/h6-7H,3-5H2,1-2H3,(H,12,13). The van der Waals surface area contributed by atoms with Crippen LogP contribution in [0.3, 0.4) is 0 Å². The summed E-state index contributed by atoms with van der Waals surface area (Å²) < 4.78 is 4.83. The number of hydrogen-bond donors (Lipinski definition) is 1. The number of carbonyl (C=O) groups excluding carboxylic acids is 1. The molecule has 0 aliphatic carbocycles. The number of hydrogen-bond acceptors (Lipinski definition) is 4. The number of morpholine rings is 1. The fraction of sp³-hybridized carbons (Fsp3) is 0.778. The number of aliphatic carboxylic acids is 1. The van der Waals surface area contributed by atoms with E-state index in [1.54, 1.807) is 6.92 Å². The lowest BCUT2D eigenvalue weighted by atomic mass is 10.1. The number of esters is 1. The van der Waals surface area contributed by atoms with E-state index in [0.717, 1.165) is 0 Å². The van der Waals surface area contributed by atoms with Crippen LogP contribution in [0, 0.1) is 5.92 Å². The highest BCUT2D eigenvalue weighted by Crippen LogP contribution is 2.10. The van der Waals surface area contributed by atoms with Crippen molar-refractivity contribution < 1.29 is 19.4 Å². The van der Waals surface area contributed by atoms with Gasteiger partial charge in [-0.3, -0.25) is 14.5 Å². The highest BCUT2D eigenvalue weighted by Gasteiger charge is 2.27. The smallest absolute Gasteiger partial charge is 0.320 e. The molecule has 2 unspecified atom stereocenters. The monoisotopic (exact) mass is 201 g/mol. The van der Waals surface area contributed by atoms with Crippen LogP contribution >= 0.6 is 0 Å². The molecule has 14 heavy (non-hydrogen) atoms. The average Bonchev–Trinajstić information content (AvgIpc) is 2.11. The highest BCUT2D eigenvalue weighted by molar-refractivity contribution is 5.73. The molecule has 1 rings (SSSR count). The van der Waals surface area contributed by atoms with Crippen molar-refractivity contribution >= 4 is 11.9 Å². The van der Waals surface area contributed by atoms with Gasteiger partial charge in [-0.2, -0.15) is 0 Å². The summed E-state index contributed by atoms with van der Waals surface area (Å²) in [5.74, 6) is -1.57. The number of carbonyl (C=O) groups is 2. The molecule has 0 aromatic rings. The summed E-state index contributed by atoms with van der Waals surface area (Å²) in [7, 11) is 0. The molecule has 0 saturated carbocycles. The molecule has 1 fully saturated rings. The van der Waals surface area contributed by atoms with Crippen LogP contribution in [-0.2, 0) is 14.3 Å². The topological polar surface area (TPSA) is 66.8 Å². The third-order valence-electron chi connectivity index (χ3n) is 2.37. The minimum absolute atomic E-state index is 0.106. The lowest BCUT2D eigenvalue weighted by molar-refractivity contribution is -0.156. The average molecular weight is 201 g/mol. The van der Waals surface area contributed by atoms with Crippen LogP contribution < -0.4 is 0 Å². The SMILES string of the molecule is CC(CN1CC(=O)OCC1C)C(=O)O. The van der Waals surface area contributed by atoms with Crippen molar-refractivity contribution in [2.45, 2.75) is 19.9 Å². The van der Waals surface area contributed by atoms with E-state index < -0.39 is 11.9 Å². The molecule has 0 amide bonds. The van der Waals surface area contributed by atoms with E-state index >= 15 is 0 Å². The van der Waals surface area contributed by atoms with E-state index in [0.29, 0.717) is 13.2 Å². The quantitative estimate of drug-likeness (QED) is 0.649. The largest absolute Gasteiger partial charge is 0.481 e. The molecule has 0 bridgehead atoms. The summed E-state index contributed by atoms with van der Waals surface area (Å²) >= 11 is 0. The molecule has 0 radical (unpaired) electrons. The van der Waals surface area contributed by atoms with Crippen LogP contribution in [0.25, 0.3) is 0 Å². The first-order valence-corrected chi connectivity index (χ1v) is 4.63. The van der Waals surface area contributed by atoms with E-state index in [4.69, 9.17) is 9.84 Å². The van der Waals surface area contributed by atoms with Crippen molar-refractivity contribution in [3.8, 4) is 0 Å². The van der Waals surface area contributed by atoms with Gasteiger partial charge in [0, 0.05) is 12.6 Å². The predicted octanol–water partition coefficient (Wildman–Crippen LogP) is -0.0456. The summed E-state index contributed by atoms with van der Waals surface area (Å²) in [6, 6.07) is 0.106. The fourth-order valence-electron chi connectivity index (χ4n) is 1.36. The second-order valence-electron chi connectivity index (χ2n) is 3.70. The third kappa shape index (κ3) is 2.70. The molecule has 1 saturated heterocycles. The molecule has 2 atom stereocenters. The van der Waals surface area contributed by atoms with Crippen molar-refractivity contribution in [2.24, 2.45) is 5.92 Å². The zero-order valence-electron chi connectivity index (χ0n) is 8.40. The molecular formula is C9H15NO4. The second kappa shape index (κ2) is 4.41. The molecule has 0 aromatic heterocycles. The van der Waals surface area contributed by atoms with Crippen molar-refractivity contribution in [2.75, 3.05) is 19.7 Å². The van der Waals surface area contributed by atoms with Gasteiger partial charge in [-0.1, -0.05) is 6.92 Å². The molecule has 1 aliphatic rings. The minimum Gasteiger partial charge on any atom is -0.481 e. The maximum atomic E-state index is 11.0. The summed E-state index contributed by atoms with van der Waals surface area (Å²) in [4.78, 5) is 23.4. The zero-order valence-corrected chi connectivity index (χ0v) is 8.40. The normalized spacial score (nSPS) is 25.6. The van der Waals surface area contributed by atoms with Gasteiger partial charge in [-0.25, -0.2) is 0 Å². The second-order valence-corrected chi connectivity index (χ2v) is 3.70. The Labute approximate surface area is 82.6 Å². The number of carboxylic acid groups (broad SMARTS) is 1. The van der Waals surface area contributed by atoms with Gasteiger partial charge in [0.05, 0.1) is 12.5 Å². The van der Waals surface area contributed by atoms with Gasteiger partial charge < -0.3 is 9.84 Å². The summed E-state index contributed by atoms with van der Waals surface area (Å²) in [5, 5.41) is 8.72. The van der Waals surface area contributed by atoms with Gasteiger partial charge in [0.25, 0.3) is 0 Å². The van der Waals surface area contributed by atoms with Crippen molar-refractivity contribution in [3.63, 3.8) is 0 Å². The number of ether oxygens (including phenoxy) is 1. The predicted molar refractivity (Wildman–Crippen MR) is 48.8 cm³/mol. The highest BCUT2D eigenvalue weighted by atomic mass is 16.5.